The van der Waals surface area contributed by atoms with Crippen molar-refractivity contribution in [1.29, 1.82) is 0 Å². The quantitative estimate of drug-likeness (QED) is 0.223. The second kappa shape index (κ2) is 7.03. The Morgan fingerprint density at radius 1 is 1.57 bits per heavy atom. The molecule has 0 aliphatic heterocycles. The molecule has 0 bridgehead atoms. The average Bonchev–Trinajstić information content (AvgIpc) is 2.17. The van der Waals surface area contributed by atoms with Crippen molar-refractivity contribution in [3.05, 3.63) is 23.8 Å². The average molecular weight is 198 g/mol. The number of hydrogen-bond donors (Lipinski definition) is 1. The van der Waals surface area contributed by atoms with E-state index in [-0.39, 0.29) is 18.8 Å². The predicted octanol–water partition coefficient (Wildman–Crippen LogP) is 0.613. The van der Waals surface area contributed by atoms with Gasteiger partial charge in [0.05, 0.1) is 12.2 Å². The predicted molar refractivity (Wildman–Crippen MR) is 51.6 cm³/mol. The summed E-state index contributed by atoms with van der Waals surface area (Å²) in [5, 5.41) is 8.44. The summed E-state index contributed by atoms with van der Waals surface area (Å²) in [6.07, 6.45) is 2.23. The van der Waals surface area contributed by atoms with Gasteiger partial charge in [0.1, 0.15) is 6.29 Å². The monoisotopic (exact) mass is 198 g/mol. The largest absolute Gasteiger partial charge is 0.462 e. The van der Waals surface area contributed by atoms with Crippen LogP contribution in [0.3, 0.4) is 0 Å². The number of esters is 1. The van der Waals surface area contributed by atoms with E-state index in [4.69, 9.17) is 9.84 Å². The Morgan fingerprint density at radius 3 is 2.71 bits per heavy atom. The maximum Gasteiger partial charge on any atom is 0.337 e. The minimum Gasteiger partial charge on any atom is -0.462 e. The first-order valence-corrected chi connectivity index (χ1v) is 4.22. The third-order valence-electron chi connectivity index (χ3n) is 1.58. The van der Waals surface area contributed by atoms with Crippen LogP contribution in [0.5, 0.6) is 0 Å². The summed E-state index contributed by atoms with van der Waals surface area (Å²) in [5.74, 6) is -0.561. The molecular formula is C10H14O4. The highest BCUT2D eigenvalue weighted by Crippen LogP contribution is 2.07. The van der Waals surface area contributed by atoms with Crippen molar-refractivity contribution in [3.63, 3.8) is 0 Å². The Labute approximate surface area is 82.9 Å². The van der Waals surface area contributed by atoms with E-state index in [1.807, 2.05) is 0 Å². The smallest absolute Gasteiger partial charge is 0.337 e. The summed E-state index contributed by atoms with van der Waals surface area (Å²) in [7, 11) is 0. The molecule has 0 aromatic heterocycles. The van der Waals surface area contributed by atoms with Gasteiger partial charge in [-0.15, -0.1) is 0 Å². The van der Waals surface area contributed by atoms with Crippen LogP contribution in [0.15, 0.2) is 23.8 Å². The van der Waals surface area contributed by atoms with Crippen LogP contribution in [0.2, 0.25) is 0 Å². The summed E-state index contributed by atoms with van der Waals surface area (Å²) in [5.41, 5.74) is 0.643. The zero-order chi connectivity index (χ0) is 11.0. The Hall–Kier alpha value is -1.42. The second-order valence-electron chi connectivity index (χ2n) is 2.68. The van der Waals surface area contributed by atoms with Gasteiger partial charge in [0.2, 0.25) is 0 Å². The van der Waals surface area contributed by atoms with E-state index in [1.54, 1.807) is 6.92 Å². The highest BCUT2D eigenvalue weighted by molar-refractivity contribution is 5.93. The molecule has 0 aromatic carbocycles. The molecule has 4 heteroatoms. The van der Waals surface area contributed by atoms with Crippen LogP contribution >= 0.6 is 0 Å². The van der Waals surface area contributed by atoms with E-state index in [0.717, 1.165) is 0 Å². The molecule has 0 fully saturated rings. The van der Waals surface area contributed by atoms with Gasteiger partial charge in [0.15, 0.2) is 0 Å². The molecular weight excluding hydrogens is 184 g/mol. The molecule has 0 aromatic rings. The molecule has 0 radical (unpaired) electrons. The van der Waals surface area contributed by atoms with Crippen molar-refractivity contribution in [2.75, 3.05) is 13.2 Å². The minimum atomic E-state index is -0.561. The van der Waals surface area contributed by atoms with Gasteiger partial charge in [-0.05, 0) is 18.6 Å². The van der Waals surface area contributed by atoms with Gasteiger partial charge in [0.25, 0.3) is 0 Å². The lowest BCUT2D eigenvalue weighted by Crippen LogP contribution is -2.10. The first-order valence-electron chi connectivity index (χ1n) is 4.22. The third kappa shape index (κ3) is 4.57. The van der Waals surface area contributed by atoms with Crippen LogP contribution < -0.4 is 0 Å². The Bertz CT molecular complexity index is 253. The normalized spacial score (nSPS) is 10.9. The lowest BCUT2D eigenvalue weighted by Gasteiger charge is -2.05. The fourth-order valence-electron chi connectivity index (χ4n) is 0.680. The number of aliphatic hydroxyl groups excluding tert-OH is 1. The fraction of sp³-hybridized carbons (Fsp3) is 0.400. The van der Waals surface area contributed by atoms with Crippen molar-refractivity contribution < 1.29 is 19.4 Å². The SMILES string of the molecule is C=C(C(=O)OCCCO)C(C)=CC=O. The summed E-state index contributed by atoms with van der Waals surface area (Å²) in [6.45, 7) is 5.22. The number of ether oxygens (including phenoxy) is 1. The van der Waals surface area contributed by atoms with Gasteiger partial charge in [0, 0.05) is 13.0 Å². The Kier molecular flexibility index (Phi) is 6.32. The van der Waals surface area contributed by atoms with Crippen molar-refractivity contribution >= 4 is 12.3 Å². The summed E-state index contributed by atoms with van der Waals surface area (Å²) < 4.78 is 4.76. The number of allylic oxidation sites excluding steroid dienone is 1. The van der Waals surface area contributed by atoms with E-state index < -0.39 is 5.97 Å². The van der Waals surface area contributed by atoms with Crippen molar-refractivity contribution in [1.82, 2.24) is 0 Å². The molecule has 0 amide bonds. The van der Waals surface area contributed by atoms with E-state index in [0.29, 0.717) is 18.3 Å². The molecule has 0 saturated carbocycles. The first-order chi connectivity index (χ1) is 6.63. The molecule has 0 saturated heterocycles. The van der Waals surface area contributed by atoms with Crippen LogP contribution in [0.1, 0.15) is 13.3 Å². The zero-order valence-electron chi connectivity index (χ0n) is 8.16. The molecule has 0 aliphatic rings. The van der Waals surface area contributed by atoms with Gasteiger partial charge in [-0.1, -0.05) is 6.58 Å². The zero-order valence-corrected chi connectivity index (χ0v) is 8.16. The number of aldehydes is 1. The minimum absolute atomic E-state index is 0.0249. The van der Waals surface area contributed by atoms with Crippen molar-refractivity contribution in [2.45, 2.75) is 13.3 Å². The van der Waals surface area contributed by atoms with Crippen LogP contribution in [-0.4, -0.2) is 30.6 Å². The second-order valence-corrected chi connectivity index (χ2v) is 2.68. The fourth-order valence-corrected chi connectivity index (χ4v) is 0.680. The van der Waals surface area contributed by atoms with Crippen molar-refractivity contribution in [2.24, 2.45) is 0 Å². The maximum absolute atomic E-state index is 11.2. The molecule has 0 aliphatic carbocycles. The van der Waals surface area contributed by atoms with E-state index in [2.05, 4.69) is 6.58 Å². The standard InChI is InChI=1S/C10H14O4/c1-8(4-6-12)9(2)10(13)14-7-3-5-11/h4,6,11H,2-3,5,7H2,1H3. The van der Waals surface area contributed by atoms with Gasteiger partial charge in [-0.25, -0.2) is 4.79 Å². The third-order valence-corrected chi connectivity index (χ3v) is 1.58. The molecule has 0 atom stereocenters. The molecule has 0 heterocycles. The lowest BCUT2D eigenvalue weighted by molar-refractivity contribution is -0.138. The van der Waals surface area contributed by atoms with Crippen LogP contribution in [0.25, 0.3) is 0 Å². The highest BCUT2D eigenvalue weighted by Gasteiger charge is 2.09. The molecule has 4 nitrogen and oxygen atoms in total. The van der Waals surface area contributed by atoms with Crippen molar-refractivity contribution in [3.8, 4) is 0 Å². The molecule has 1 N–H and O–H groups in total. The topological polar surface area (TPSA) is 63.6 Å². The number of aliphatic hydroxyl groups is 1. The summed E-state index contributed by atoms with van der Waals surface area (Å²) in [6, 6.07) is 0. The van der Waals surface area contributed by atoms with E-state index in [9.17, 15) is 9.59 Å². The Morgan fingerprint density at radius 2 is 2.21 bits per heavy atom. The molecule has 0 spiro atoms. The van der Waals surface area contributed by atoms with Crippen LogP contribution in [0, 0.1) is 0 Å². The van der Waals surface area contributed by atoms with Gasteiger partial charge in [-0.2, -0.15) is 0 Å². The summed E-state index contributed by atoms with van der Waals surface area (Å²) in [4.78, 5) is 21.3. The van der Waals surface area contributed by atoms with Gasteiger partial charge in [-0.3, -0.25) is 4.79 Å². The Balaban J connectivity index is 4.06. The van der Waals surface area contributed by atoms with Gasteiger partial charge < -0.3 is 9.84 Å². The number of rotatable bonds is 6. The molecule has 78 valence electrons. The highest BCUT2D eigenvalue weighted by atomic mass is 16.5. The number of carbonyl (C=O) groups is 2. The number of hydrogen-bond acceptors (Lipinski definition) is 4. The molecule has 14 heavy (non-hydrogen) atoms. The van der Waals surface area contributed by atoms with Crippen LogP contribution in [-0.2, 0) is 14.3 Å². The molecule has 0 unspecified atom stereocenters. The van der Waals surface area contributed by atoms with E-state index in [1.165, 1.54) is 6.08 Å². The first kappa shape index (κ1) is 12.6. The summed E-state index contributed by atoms with van der Waals surface area (Å²) >= 11 is 0. The maximum atomic E-state index is 11.2. The number of carbonyl (C=O) groups excluding carboxylic acids is 2. The van der Waals surface area contributed by atoms with E-state index >= 15 is 0 Å². The lowest BCUT2D eigenvalue weighted by atomic mass is 10.1. The van der Waals surface area contributed by atoms with Crippen LogP contribution in [0.4, 0.5) is 0 Å². The molecule has 0 rings (SSSR count). The van der Waals surface area contributed by atoms with Gasteiger partial charge >= 0.3 is 5.97 Å².